The Hall–Kier alpha value is -1.76. The van der Waals surface area contributed by atoms with E-state index in [9.17, 15) is 0 Å². The van der Waals surface area contributed by atoms with E-state index in [0.29, 0.717) is 12.1 Å². The summed E-state index contributed by atoms with van der Waals surface area (Å²) < 4.78 is 2.33. The number of hydrogen-bond donors (Lipinski definition) is 1. The van der Waals surface area contributed by atoms with Gasteiger partial charge in [0, 0.05) is 24.5 Å². The fraction of sp³-hybridized carbons (Fsp3) is 0.680. The van der Waals surface area contributed by atoms with Crippen LogP contribution < -0.4 is 5.32 Å². The third-order valence-electron chi connectivity index (χ3n) is 7.00. The maximum atomic E-state index is 4.96. The van der Waals surface area contributed by atoms with Gasteiger partial charge in [0.2, 0.25) is 0 Å². The molecule has 2 unspecified atom stereocenters. The smallest absolute Gasteiger partial charge is 0.107 e. The molecule has 3 rings (SSSR count). The van der Waals surface area contributed by atoms with Crippen molar-refractivity contribution in [3.05, 3.63) is 46.8 Å². The average Bonchev–Trinajstić information content (AvgIpc) is 3.04. The number of aromatic nitrogens is 3. The molecule has 1 aliphatic rings. The lowest BCUT2D eigenvalue weighted by Crippen LogP contribution is -2.32. The van der Waals surface area contributed by atoms with Crippen molar-refractivity contribution in [2.45, 2.75) is 85.1 Å². The number of nitrogens with zero attached hydrogens (tertiary/aromatic N) is 5. The van der Waals surface area contributed by atoms with Gasteiger partial charge in [0.25, 0.3) is 0 Å². The highest BCUT2D eigenvalue weighted by Gasteiger charge is 2.27. The van der Waals surface area contributed by atoms with Crippen LogP contribution in [-0.4, -0.2) is 57.6 Å². The van der Waals surface area contributed by atoms with Crippen molar-refractivity contribution >= 4 is 0 Å². The van der Waals surface area contributed by atoms with Crippen molar-refractivity contribution in [2.24, 2.45) is 0 Å². The standard InChI is InChI=1S/C25H42N6/c1-7-22(29(5)6)14-16-26-18-31-19(3)23(28-20(31)4)17-30(8-2)24-13-9-11-21-12-10-15-27-25(21)24/h10,12,15,22,24,26H,7-9,11,13-14,16-18H2,1-6H3. The lowest BCUT2D eigenvalue weighted by molar-refractivity contribution is 0.173. The molecule has 0 saturated heterocycles. The number of imidazole rings is 1. The fourth-order valence-corrected chi connectivity index (χ4v) is 4.98. The van der Waals surface area contributed by atoms with E-state index in [4.69, 9.17) is 9.97 Å². The van der Waals surface area contributed by atoms with Gasteiger partial charge in [-0.2, -0.15) is 0 Å². The quantitative estimate of drug-likeness (QED) is 0.549. The Morgan fingerprint density at radius 3 is 2.77 bits per heavy atom. The van der Waals surface area contributed by atoms with Gasteiger partial charge < -0.3 is 9.47 Å². The summed E-state index contributed by atoms with van der Waals surface area (Å²) in [5.74, 6) is 1.10. The highest BCUT2D eigenvalue weighted by atomic mass is 15.2. The predicted molar refractivity (Wildman–Crippen MR) is 128 cm³/mol. The van der Waals surface area contributed by atoms with Crippen LogP contribution in [-0.2, 0) is 19.6 Å². The summed E-state index contributed by atoms with van der Waals surface area (Å²) in [6.07, 6.45) is 7.88. The van der Waals surface area contributed by atoms with Crippen LogP contribution in [0.4, 0.5) is 0 Å². The first-order valence-corrected chi connectivity index (χ1v) is 12.0. The Morgan fingerprint density at radius 2 is 2.06 bits per heavy atom. The molecule has 2 aromatic rings. The molecule has 0 aliphatic heterocycles. The van der Waals surface area contributed by atoms with Crippen molar-refractivity contribution in [2.75, 3.05) is 27.2 Å². The summed E-state index contributed by atoms with van der Waals surface area (Å²) >= 11 is 0. The molecule has 0 saturated carbocycles. The maximum Gasteiger partial charge on any atom is 0.107 e. The lowest BCUT2D eigenvalue weighted by atomic mass is 9.90. The van der Waals surface area contributed by atoms with Gasteiger partial charge in [-0.25, -0.2) is 4.98 Å². The molecule has 2 atom stereocenters. The second-order valence-corrected chi connectivity index (χ2v) is 9.11. The van der Waals surface area contributed by atoms with Crippen molar-refractivity contribution in [1.29, 1.82) is 0 Å². The van der Waals surface area contributed by atoms with Gasteiger partial charge in [0.1, 0.15) is 5.82 Å². The van der Waals surface area contributed by atoms with Crippen LogP contribution in [0.3, 0.4) is 0 Å². The van der Waals surface area contributed by atoms with Crippen molar-refractivity contribution in [3.63, 3.8) is 0 Å². The molecule has 0 aromatic carbocycles. The van der Waals surface area contributed by atoms with Gasteiger partial charge >= 0.3 is 0 Å². The molecular weight excluding hydrogens is 384 g/mol. The molecule has 0 amide bonds. The van der Waals surface area contributed by atoms with Crippen LogP contribution in [0, 0.1) is 13.8 Å². The molecule has 2 heterocycles. The number of pyridine rings is 1. The largest absolute Gasteiger partial charge is 0.319 e. The van der Waals surface area contributed by atoms with E-state index in [1.165, 1.54) is 48.3 Å². The fourth-order valence-electron chi connectivity index (χ4n) is 4.98. The molecule has 1 N–H and O–H groups in total. The summed E-state index contributed by atoms with van der Waals surface area (Å²) in [5.41, 5.74) is 5.17. The molecule has 31 heavy (non-hydrogen) atoms. The van der Waals surface area contributed by atoms with Gasteiger partial charge in [0.05, 0.1) is 24.1 Å². The Morgan fingerprint density at radius 1 is 1.26 bits per heavy atom. The zero-order valence-electron chi connectivity index (χ0n) is 20.5. The van der Waals surface area contributed by atoms with Crippen molar-refractivity contribution in [1.82, 2.24) is 29.7 Å². The highest BCUT2D eigenvalue weighted by Crippen LogP contribution is 2.33. The van der Waals surface area contributed by atoms with Crippen LogP contribution in [0.15, 0.2) is 18.3 Å². The van der Waals surface area contributed by atoms with Gasteiger partial charge in [0.15, 0.2) is 0 Å². The Kier molecular flexibility index (Phi) is 8.64. The minimum Gasteiger partial charge on any atom is -0.319 e. The first-order chi connectivity index (χ1) is 15.0. The zero-order chi connectivity index (χ0) is 22.4. The average molecular weight is 427 g/mol. The first-order valence-electron chi connectivity index (χ1n) is 12.0. The van der Waals surface area contributed by atoms with Gasteiger partial charge in [-0.1, -0.05) is 19.9 Å². The molecule has 172 valence electrons. The summed E-state index contributed by atoms with van der Waals surface area (Å²) in [5, 5.41) is 3.63. The minimum atomic E-state index is 0.398. The number of nitrogens with one attached hydrogen (secondary N) is 1. The molecule has 0 fully saturated rings. The Labute approximate surface area is 189 Å². The van der Waals surface area contributed by atoms with Gasteiger partial charge in [-0.15, -0.1) is 0 Å². The van der Waals surface area contributed by atoms with Gasteiger partial charge in [-0.3, -0.25) is 15.2 Å². The normalized spacial score (nSPS) is 17.4. The molecule has 0 bridgehead atoms. The highest BCUT2D eigenvalue weighted by molar-refractivity contribution is 5.26. The van der Waals surface area contributed by atoms with Crippen LogP contribution in [0.5, 0.6) is 0 Å². The van der Waals surface area contributed by atoms with E-state index in [-0.39, 0.29) is 0 Å². The monoisotopic (exact) mass is 426 g/mol. The van der Waals surface area contributed by atoms with Crippen molar-refractivity contribution < 1.29 is 0 Å². The molecule has 6 nitrogen and oxygen atoms in total. The van der Waals surface area contributed by atoms with E-state index in [0.717, 1.165) is 38.5 Å². The van der Waals surface area contributed by atoms with Crippen LogP contribution in [0.2, 0.25) is 0 Å². The first kappa shape index (κ1) is 23.9. The summed E-state index contributed by atoms with van der Waals surface area (Å²) in [6, 6.07) is 5.35. The minimum absolute atomic E-state index is 0.398. The SMILES string of the molecule is CCC(CCNCn1c(C)nc(CN(CC)C2CCCc3cccnc32)c1C)N(C)C. The van der Waals surface area contributed by atoms with E-state index >= 15 is 0 Å². The topological polar surface area (TPSA) is 49.2 Å². The molecule has 2 aromatic heterocycles. The summed E-state index contributed by atoms with van der Waals surface area (Å²) in [7, 11) is 4.34. The third-order valence-corrected chi connectivity index (χ3v) is 7.00. The molecule has 6 heteroatoms. The van der Waals surface area contributed by atoms with Crippen LogP contribution in [0.1, 0.15) is 74.0 Å². The summed E-state index contributed by atoms with van der Waals surface area (Å²) in [6.45, 7) is 12.6. The second kappa shape index (κ2) is 11.2. The summed E-state index contributed by atoms with van der Waals surface area (Å²) in [4.78, 5) is 14.6. The number of fused-ring (bicyclic) bond motifs is 1. The van der Waals surface area contributed by atoms with Crippen molar-refractivity contribution in [3.8, 4) is 0 Å². The number of rotatable bonds is 11. The molecule has 0 spiro atoms. The molecular formula is C25H42N6. The van der Waals surface area contributed by atoms with Gasteiger partial charge in [-0.05, 0) is 84.8 Å². The third kappa shape index (κ3) is 5.73. The van der Waals surface area contributed by atoms with E-state index in [1.54, 1.807) is 0 Å². The van der Waals surface area contributed by atoms with E-state index < -0.39 is 0 Å². The van der Waals surface area contributed by atoms with Crippen LogP contribution >= 0.6 is 0 Å². The molecule has 1 aliphatic carbocycles. The second-order valence-electron chi connectivity index (χ2n) is 9.11. The Bertz CT molecular complexity index is 827. The zero-order valence-corrected chi connectivity index (χ0v) is 20.5. The number of hydrogen-bond acceptors (Lipinski definition) is 5. The van der Waals surface area contributed by atoms with E-state index in [1.807, 2.05) is 6.20 Å². The Balaban J connectivity index is 1.65. The predicted octanol–water partition coefficient (Wildman–Crippen LogP) is 4.07. The maximum absolute atomic E-state index is 4.96. The number of aryl methyl sites for hydroxylation is 2. The lowest BCUT2D eigenvalue weighted by Gasteiger charge is -2.34. The van der Waals surface area contributed by atoms with Crippen LogP contribution in [0.25, 0.3) is 0 Å². The van der Waals surface area contributed by atoms with E-state index in [2.05, 4.69) is 73.6 Å². The molecule has 0 radical (unpaired) electrons.